The summed E-state index contributed by atoms with van der Waals surface area (Å²) in [6, 6.07) is 12.4. The molecule has 0 radical (unpaired) electrons. The molecule has 0 bridgehead atoms. The molecule has 0 saturated heterocycles. The SMILES string of the molecule is CC[C@@H](CC[SiH](C)C)c1ccccc1. The lowest BCUT2D eigenvalue weighted by atomic mass is 9.94. The van der Waals surface area contributed by atoms with Gasteiger partial charge in [-0.15, -0.1) is 0 Å². The lowest BCUT2D eigenvalue weighted by Crippen LogP contribution is -2.04. The van der Waals surface area contributed by atoms with Crippen LogP contribution in [0.1, 0.15) is 31.2 Å². The molecular formula is C13H22Si. The summed E-state index contributed by atoms with van der Waals surface area (Å²) in [5, 5.41) is 0. The fourth-order valence-electron chi connectivity index (χ4n) is 1.87. The Hall–Kier alpha value is -0.563. The molecule has 0 heterocycles. The van der Waals surface area contributed by atoms with E-state index in [0.29, 0.717) is 0 Å². The molecule has 0 nitrogen and oxygen atoms in total. The van der Waals surface area contributed by atoms with Crippen LogP contribution >= 0.6 is 0 Å². The van der Waals surface area contributed by atoms with Crippen molar-refractivity contribution in [2.45, 2.75) is 44.8 Å². The van der Waals surface area contributed by atoms with Crippen molar-refractivity contribution in [3.05, 3.63) is 35.9 Å². The highest BCUT2D eigenvalue weighted by Gasteiger charge is 2.09. The van der Waals surface area contributed by atoms with Crippen molar-refractivity contribution in [3.63, 3.8) is 0 Å². The molecule has 0 aliphatic rings. The minimum Gasteiger partial charge on any atom is -0.0722 e. The van der Waals surface area contributed by atoms with Gasteiger partial charge < -0.3 is 0 Å². The van der Waals surface area contributed by atoms with E-state index in [1.54, 1.807) is 0 Å². The van der Waals surface area contributed by atoms with E-state index >= 15 is 0 Å². The van der Waals surface area contributed by atoms with E-state index in [-0.39, 0.29) is 8.80 Å². The average Bonchev–Trinajstić information content (AvgIpc) is 2.20. The van der Waals surface area contributed by atoms with Crippen molar-refractivity contribution in [2.24, 2.45) is 0 Å². The van der Waals surface area contributed by atoms with E-state index < -0.39 is 0 Å². The Bertz CT molecular complexity index is 241. The van der Waals surface area contributed by atoms with E-state index in [2.05, 4.69) is 50.3 Å². The van der Waals surface area contributed by atoms with Crippen LogP contribution in [0.3, 0.4) is 0 Å². The van der Waals surface area contributed by atoms with Crippen LogP contribution in [0.4, 0.5) is 0 Å². The van der Waals surface area contributed by atoms with Crippen molar-refractivity contribution >= 4 is 8.80 Å². The minimum absolute atomic E-state index is 0.364. The van der Waals surface area contributed by atoms with Crippen molar-refractivity contribution in [3.8, 4) is 0 Å². The Balaban J connectivity index is 2.54. The first-order valence-corrected chi connectivity index (χ1v) is 8.91. The van der Waals surface area contributed by atoms with E-state index in [1.165, 1.54) is 24.4 Å². The van der Waals surface area contributed by atoms with Gasteiger partial charge >= 0.3 is 0 Å². The van der Waals surface area contributed by atoms with Gasteiger partial charge in [0, 0.05) is 8.80 Å². The quantitative estimate of drug-likeness (QED) is 0.637. The van der Waals surface area contributed by atoms with Crippen LogP contribution < -0.4 is 0 Å². The van der Waals surface area contributed by atoms with Crippen LogP contribution in [0.15, 0.2) is 30.3 Å². The van der Waals surface area contributed by atoms with Gasteiger partial charge in [-0.25, -0.2) is 0 Å². The van der Waals surface area contributed by atoms with E-state index in [9.17, 15) is 0 Å². The van der Waals surface area contributed by atoms with Gasteiger partial charge in [-0.2, -0.15) is 0 Å². The number of hydrogen-bond donors (Lipinski definition) is 0. The molecule has 1 rings (SSSR count). The molecule has 14 heavy (non-hydrogen) atoms. The lowest BCUT2D eigenvalue weighted by Gasteiger charge is -2.15. The van der Waals surface area contributed by atoms with Crippen molar-refractivity contribution in [1.29, 1.82) is 0 Å². The van der Waals surface area contributed by atoms with Crippen LogP contribution in [0.25, 0.3) is 0 Å². The van der Waals surface area contributed by atoms with Gasteiger partial charge in [-0.1, -0.05) is 56.4 Å². The molecule has 0 aromatic heterocycles. The highest BCUT2D eigenvalue weighted by atomic mass is 28.3. The van der Waals surface area contributed by atoms with Crippen LogP contribution in [-0.2, 0) is 0 Å². The van der Waals surface area contributed by atoms with Gasteiger partial charge in [-0.05, 0) is 24.3 Å². The van der Waals surface area contributed by atoms with Crippen LogP contribution in [0.2, 0.25) is 19.1 Å². The second kappa shape index (κ2) is 6.02. The monoisotopic (exact) mass is 206 g/mol. The first-order chi connectivity index (χ1) is 6.74. The molecule has 0 unspecified atom stereocenters. The fourth-order valence-corrected chi connectivity index (χ4v) is 2.94. The van der Waals surface area contributed by atoms with Crippen molar-refractivity contribution in [1.82, 2.24) is 0 Å². The summed E-state index contributed by atoms with van der Waals surface area (Å²) in [6.45, 7) is 7.19. The first kappa shape index (κ1) is 11.5. The smallest absolute Gasteiger partial charge is 0.0305 e. The van der Waals surface area contributed by atoms with Gasteiger partial charge in [-0.3, -0.25) is 0 Å². The molecule has 1 aromatic carbocycles. The zero-order chi connectivity index (χ0) is 10.4. The lowest BCUT2D eigenvalue weighted by molar-refractivity contribution is 0.639. The maximum Gasteiger partial charge on any atom is 0.0305 e. The van der Waals surface area contributed by atoms with Gasteiger partial charge in [0.15, 0.2) is 0 Å². The highest BCUT2D eigenvalue weighted by Crippen LogP contribution is 2.25. The molecule has 1 atom stereocenters. The summed E-state index contributed by atoms with van der Waals surface area (Å²) < 4.78 is 0. The zero-order valence-corrected chi connectivity index (χ0v) is 10.8. The van der Waals surface area contributed by atoms with Gasteiger partial charge in [0.25, 0.3) is 0 Å². The molecule has 0 saturated carbocycles. The van der Waals surface area contributed by atoms with Gasteiger partial charge in [0.1, 0.15) is 0 Å². The predicted molar refractivity (Wildman–Crippen MR) is 67.8 cm³/mol. The Morgan fingerprint density at radius 3 is 2.29 bits per heavy atom. The molecule has 1 aromatic rings. The van der Waals surface area contributed by atoms with Crippen LogP contribution in [-0.4, -0.2) is 8.80 Å². The van der Waals surface area contributed by atoms with E-state index in [4.69, 9.17) is 0 Å². The zero-order valence-electron chi connectivity index (χ0n) is 9.66. The Morgan fingerprint density at radius 1 is 1.14 bits per heavy atom. The molecule has 0 fully saturated rings. The maximum atomic E-state index is 2.44. The second-order valence-electron chi connectivity index (χ2n) is 4.49. The van der Waals surface area contributed by atoms with Crippen molar-refractivity contribution < 1.29 is 0 Å². The molecular weight excluding hydrogens is 184 g/mol. The fraction of sp³-hybridized carbons (Fsp3) is 0.538. The van der Waals surface area contributed by atoms with Gasteiger partial charge in [0.05, 0.1) is 0 Å². The third-order valence-electron chi connectivity index (χ3n) is 2.86. The van der Waals surface area contributed by atoms with Gasteiger partial charge in [0.2, 0.25) is 0 Å². The third kappa shape index (κ3) is 3.67. The molecule has 0 N–H and O–H groups in total. The summed E-state index contributed by atoms with van der Waals surface area (Å²) in [6.07, 6.45) is 2.68. The average molecular weight is 206 g/mol. The number of rotatable bonds is 5. The Kier molecular flexibility index (Phi) is 4.95. The molecule has 0 amide bonds. The summed E-state index contributed by atoms with van der Waals surface area (Å²) in [7, 11) is -0.364. The maximum absolute atomic E-state index is 2.44. The Morgan fingerprint density at radius 2 is 1.79 bits per heavy atom. The molecule has 1 heteroatoms. The van der Waals surface area contributed by atoms with E-state index in [1.807, 2.05) is 0 Å². The third-order valence-corrected chi connectivity index (χ3v) is 4.34. The molecule has 78 valence electrons. The molecule has 0 spiro atoms. The topological polar surface area (TPSA) is 0 Å². The largest absolute Gasteiger partial charge is 0.0722 e. The predicted octanol–water partition coefficient (Wildman–Crippen LogP) is 4.06. The van der Waals surface area contributed by atoms with E-state index in [0.717, 1.165) is 5.92 Å². The summed E-state index contributed by atoms with van der Waals surface area (Å²) in [4.78, 5) is 0. The highest BCUT2D eigenvalue weighted by molar-refractivity contribution is 6.55. The number of hydrogen-bond acceptors (Lipinski definition) is 0. The number of benzene rings is 1. The molecule has 0 aliphatic carbocycles. The minimum atomic E-state index is -0.364. The molecule has 0 aliphatic heterocycles. The van der Waals surface area contributed by atoms with Crippen LogP contribution in [0, 0.1) is 0 Å². The standard InChI is InChI=1S/C13H22Si/c1-4-12(10-11-14(2)3)13-8-6-5-7-9-13/h5-9,12,14H,4,10-11H2,1-3H3/t12-/m0/s1. The second-order valence-corrected chi connectivity index (χ2v) is 7.85. The van der Waals surface area contributed by atoms with Crippen molar-refractivity contribution in [2.75, 3.05) is 0 Å². The summed E-state index contributed by atoms with van der Waals surface area (Å²) in [5.41, 5.74) is 1.53. The normalized spacial score (nSPS) is 13.1. The summed E-state index contributed by atoms with van der Waals surface area (Å²) >= 11 is 0. The first-order valence-electron chi connectivity index (χ1n) is 5.79. The Labute approximate surface area is 90.0 Å². The summed E-state index contributed by atoms with van der Waals surface area (Å²) in [5.74, 6) is 0.797. The van der Waals surface area contributed by atoms with Crippen LogP contribution in [0.5, 0.6) is 0 Å².